The topological polar surface area (TPSA) is 58.0 Å². The molecule has 0 aromatic carbocycles. The molecule has 0 aromatic heterocycles. The Balaban J connectivity index is 2.08. The van der Waals surface area contributed by atoms with E-state index in [9.17, 15) is 0 Å². The fraction of sp³-hybridized carbons (Fsp3) is 0.250. The maximum Gasteiger partial charge on any atom is 0.324 e. The van der Waals surface area contributed by atoms with E-state index in [2.05, 4.69) is 20.6 Å². The summed E-state index contributed by atoms with van der Waals surface area (Å²) in [4.78, 5) is 7.80. The third-order valence-electron chi connectivity index (χ3n) is 1.64. The van der Waals surface area contributed by atoms with Crippen molar-refractivity contribution in [1.29, 1.82) is 0 Å². The average molecular weight is 247 g/mol. The molecule has 80 valence electrons. The number of rotatable bonds is 2. The van der Waals surface area contributed by atoms with Crippen LogP contribution in [0.2, 0.25) is 0 Å². The van der Waals surface area contributed by atoms with E-state index in [0.29, 0.717) is 0 Å². The highest BCUT2D eigenvalue weighted by molar-refractivity contribution is 6.25. The molecule has 0 saturated heterocycles. The van der Waals surface area contributed by atoms with Crippen molar-refractivity contribution in [1.82, 2.24) is 10.6 Å². The first-order chi connectivity index (χ1) is 7.12. The number of alkyl halides is 2. The van der Waals surface area contributed by atoms with E-state index in [0.717, 1.165) is 0 Å². The number of nitrogens with one attached hydrogen (secondary N) is 2. The van der Waals surface area contributed by atoms with E-state index in [4.69, 9.17) is 27.9 Å². The van der Waals surface area contributed by atoms with Crippen LogP contribution in [0.1, 0.15) is 0 Å². The summed E-state index contributed by atoms with van der Waals surface area (Å²) < 4.78 is 5.32. The standard InChI is InChI=1S/C8H8Cl2N4O/c9-7(11-3-1-4-12-7)15-8(10)13-5-2-6-14-8/h1-6,11,13H. The fourth-order valence-corrected chi connectivity index (χ4v) is 1.53. The number of halogens is 2. The highest BCUT2D eigenvalue weighted by atomic mass is 35.5. The van der Waals surface area contributed by atoms with Gasteiger partial charge in [-0.1, -0.05) is 0 Å². The molecule has 7 heteroatoms. The minimum atomic E-state index is -1.44. The van der Waals surface area contributed by atoms with E-state index >= 15 is 0 Å². The van der Waals surface area contributed by atoms with Gasteiger partial charge in [0, 0.05) is 24.8 Å². The first-order valence-electron chi connectivity index (χ1n) is 4.16. The average Bonchev–Trinajstić information content (AvgIpc) is 2.18. The molecule has 0 saturated carbocycles. The van der Waals surface area contributed by atoms with Gasteiger partial charge in [-0.3, -0.25) is 4.74 Å². The number of aliphatic imine (C=N–C) groups is 2. The molecular formula is C8H8Cl2N4O. The van der Waals surface area contributed by atoms with Gasteiger partial charge in [0.15, 0.2) is 0 Å². The normalized spacial score (nSPS) is 37.5. The summed E-state index contributed by atoms with van der Waals surface area (Å²) >= 11 is 12.0. The van der Waals surface area contributed by atoms with Crippen molar-refractivity contribution >= 4 is 35.6 Å². The van der Waals surface area contributed by atoms with Crippen LogP contribution >= 0.6 is 23.2 Å². The zero-order valence-electron chi connectivity index (χ0n) is 7.52. The third kappa shape index (κ3) is 2.50. The molecule has 2 aliphatic heterocycles. The third-order valence-corrected chi connectivity index (χ3v) is 2.21. The molecule has 0 radical (unpaired) electrons. The first-order valence-corrected chi connectivity index (χ1v) is 4.92. The maximum atomic E-state index is 5.99. The Morgan fingerprint density at radius 2 is 1.40 bits per heavy atom. The van der Waals surface area contributed by atoms with Crippen LogP contribution in [0.3, 0.4) is 0 Å². The van der Waals surface area contributed by atoms with Gasteiger partial charge in [0.25, 0.3) is 0 Å². The summed E-state index contributed by atoms with van der Waals surface area (Å²) in [5, 5.41) is 2.54. The van der Waals surface area contributed by atoms with Gasteiger partial charge in [0.05, 0.1) is 0 Å². The van der Waals surface area contributed by atoms with Crippen molar-refractivity contribution in [2.24, 2.45) is 9.98 Å². The van der Waals surface area contributed by atoms with Crippen LogP contribution in [-0.2, 0) is 4.74 Å². The van der Waals surface area contributed by atoms with Gasteiger partial charge in [0.1, 0.15) is 0 Å². The highest BCUT2D eigenvalue weighted by Gasteiger charge is 2.39. The molecule has 0 aromatic rings. The Morgan fingerprint density at radius 1 is 0.933 bits per heavy atom. The molecule has 2 atom stereocenters. The lowest BCUT2D eigenvalue weighted by Gasteiger charge is -2.33. The van der Waals surface area contributed by atoms with Crippen LogP contribution in [0.5, 0.6) is 0 Å². The number of allylic oxidation sites excluding steroid dienone is 2. The second kappa shape index (κ2) is 3.84. The smallest absolute Gasteiger partial charge is 0.324 e. The summed E-state index contributed by atoms with van der Waals surface area (Å²) in [6, 6.07) is 0. The molecule has 2 heterocycles. The van der Waals surface area contributed by atoms with E-state index in [1.165, 1.54) is 12.4 Å². The van der Waals surface area contributed by atoms with Crippen molar-refractivity contribution in [2.45, 2.75) is 10.6 Å². The van der Waals surface area contributed by atoms with Gasteiger partial charge in [0.2, 0.25) is 0 Å². The Hall–Kier alpha value is -1.04. The van der Waals surface area contributed by atoms with E-state index in [1.54, 1.807) is 24.6 Å². The maximum absolute atomic E-state index is 5.99. The second-order valence-electron chi connectivity index (χ2n) is 2.79. The lowest BCUT2D eigenvalue weighted by Crippen LogP contribution is -2.50. The zero-order chi connectivity index (χ0) is 10.8. The van der Waals surface area contributed by atoms with Crippen molar-refractivity contribution < 1.29 is 4.74 Å². The predicted octanol–water partition coefficient (Wildman–Crippen LogP) is 1.08. The number of nitrogens with zero attached hydrogens (tertiary/aromatic N) is 2. The molecule has 0 aliphatic carbocycles. The number of hydrogen-bond donors (Lipinski definition) is 2. The largest absolute Gasteiger partial charge is 0.332 e. The van der Waals surface area contributed by atoms with E-state index in [1.807, 2.05) is 0 Å². The summed E-state index contributed by atoms with van der Waals surface area (Å²) in [6.07, 6.45) is 9.58. The Kier molecular flexibility index (Phi) is 2.68. The molecule has 2 rings (SSSR count). The molecule has 0 spiro atoms. The Bertz CT molecular complexity index is 334. The number of hydrogen-bond acceptors (Lipinski definition) is 5. The molecular weight excluding hydrogens is 239 g/mol. The van der Waals surface area contributed by atoms with Crippen LogP contribution in [0.4, 0.5) is 0 Å². The van der Waals surface area contributed by atoms with Crippen molar-refractivity contribution in [3.8, 4) is 0 Å². The van der Waals surface area contributed by atoms with Crippen LogP contribution in [0.15, 0.2) is 34.5 Å². The lowest BCUT2D eigenvalue weighted by molar-refractivity contribution is -0.0797. The van der Waals surface area contributed by atoms with Gasteiger partial charge < -0.3 is 10.6 Å². The van der Waals surface area contributed by atoms with Crippen LogP contribution in [0.25, 0.3) is 0 Å². The molecule has 0 amide bonds. The summed E-state index contributed by atoms with van der Waals surface area (Å²) in [7, 11) is 0. The summed E-state index contributed by atoms with van der Waals surface area (Å²) in [6.45, 7) is 0. The number of ether oxygens (including phenoxy) is 1. The molecule has 0 fully saturated rings. The summed E-state index contributed by atoms with van der Waals surface area (Å²) in [5.74, 6) is 0. The molecule has 5 nitrogen and oxygen atoms in total. The minimum Gasteiger partial charge on any atom is -0.332 e. The molecule has 15 heavy (non-hydrogen) atoms. The quantitative estimate of drug-likeness (QED) is 0.567. The minimum absolute atomic E-state index is 1.44. The van der Waals surface area contributed by atoms with Crippen LogP contribution in [-0.4, -0.2) is 23.0 Å². The molecule has 2 unspecified atom stereocenters. The highest BCUT2D eigenvalue weighted by Crippen LogP contribution is 2.28. The van der Waals surface area contributed by atoms with E-state index < -0.39 is 10.6 Å². The van der Waals surface area contributed by atoms with Crippen molar-refractivity contribution in [3.63, 3.8) is 0 Å². The molecule has 2 N–H and O–H groups in total. The molecule has 2 aliphatic rings. The van der Waals surface area contributed by atoms with Gasteiger partial charge in [-0.25, -0.2) is 9.98 Å². The van der Waals surface area contributed by atoms with Gasteiger partial charge in [-0.2, -0.15) is 0 Å². The lowest BCUT2D eigenvalue weighted by atomic mass is 10.5. The molecule has 0 bridgehead atoms. The second-order valence-corrected chi connectivity index (χ2v) is 3.81. The van der Waals surface area contributed by atoms with Crippen LogP contribution < -0.4 is 10.6 Å². The fourth-order valence-electron chi connectivity index (χ4n) is 1.03. The van der Waals surface area contributed by atoms with Gasteiger partial charge in [-0.15, -0.1) is 0 Å². The predicted molar refractivity (Wildman–Crippen MR) is 59.8 cm³/mol. The van der Waals surface area contributed by atoms with Gasteiger partial charge >= 0.3 is 10.6 Å². The summed E-state index contributed by atoms with van der Waals surface area (Å²) in [5.41, 5.74) is 0. The van der Waals surface area contributed by atoms with Crippen molar-refractivity contribution in [2.75, 3.05) is 0 Å². The Labute approximate surface area is 96.5 Å². The SMILES string of the molecule is ClC1(OC2(Cl)N=CC=CN2)N=CC=CN1. The van der Waals surface area contributed by atoms with Gasteiger partial charge in [-0.05, 0) is 35.4 Å². The first kappa shape index (κ1) is 10.5. The zero-order valence-corrected chi connectivity index (χ0v) is 9.03. The van der Waals surface area contributed by atoms with E-state index in [-0.39, 0.29) is 0 Å². The Morgan fingerprint density at radius 3 is 1.73 bits per heavy atom. The monoisotopic (exact) mass is 246 g/mol. The van der Waals surface area contributed by atoms with Crippen LogP contribution in [0, 0.1) is 0 Å². The van der Waals surface area contributed by atoms with Crippen molar-refractivity contribution in [3.05, 3.63) is 24.6 Å².